The molecular weight excluding hydrogens is 228 g/mol. The van der Waals surface area contributed by atoms with Crippen molar-refractivity contribution in [3.8, 4) is 0 Å². The molecule has 0 aromatic carbocycles. The number of aromatic nitrogens is 1. The number of carbonyl (C=O) groups excluding carboxylic acids is 1. The van der Waals surface area contributed by atoms with E-state index < -0.39 is 0 Å². The average Bonchev–Trinajstić information content (AvgIpc) is 2.76. The minimum atomic E-state index is -0.129. The highest BCUT2D eigenvalue weighted by atomic mass is 16.1. The SMILES string of the molecule is CCNC(=O)c1cc(NC2(C)CCNC2)ccn1. The van der Waals surface area contributed by atoms with Gasteiger partial charge in [-0.15, -0.1) is 0 Å². The van der Waals surface area contributed by atoms with Crippen LogP contribution in [0.3, 0.4) is 0 Å². The zero-order valence-corrected chi connectivity index (χ0v) is 10.9. The third-order valence-electron chi connectivity index (χ3n) is 3.14. The molecule has 0 aliphatic carbocycles. The Morgan fingerprint density at radius 2 is 2.44 bits per heavy atom. The van der Waals surface area contributed by atoms with E-state index in [4.69, 9.17) is 0 Å². The van der Waals surface area contributed by atoms with Gasteiger partial charge >= 0.3 is 0 Å². The Hall–Kier alpha value is -1.62. The topological polar surface area (TPSA) is 66.1 Å². The van der Waals surface area contributed by atoms with Crippen molar-refractivity contribution in [1.29, 1.82) is 0 Å². The molecule has 1 atom stereocenters. The number of anilines is 1. The van der Waals surface area contributed by atoms with Gasteiger partial charge in [-0.3, -0.25) is 9.78 Å². The Morgan fingerprint density at radius 1 is 1.61 bits per heavy atom. The largest absolute Gasteiger partial charge is 0.378 e. The highest BCUT2D eigenvalue weighted by Crippen LogP contribution is 2.21. The predicted octanol–water partition coefficient (Wildman–Crippen LogP) is 0.995. The lowest BCUT2D eigenvalue weighted by molar-refractivity contribution is 0.0951. The minimum absolute atomic E-state index is 0.0554. The molecule has 1 aliphatic heterocycles. The van der Waals surface area contributed by atoms with Crippen LogP contribution in [0.5, 0.6) is 0 Å². The number of nitrogens with zero attached hydrogens (tertiary/aromatic N) is 1. The third-order valence-corrected chi connectivity index (χ3v) is 3.14. The van der Waals surface area contributed by atoms with Crippen LogP contribution in [-0.2, 0) is 0 Å². The number of amides is 1. The number of rotatable bonds is 4. The van der Waals surface area contributed by atoms with E-state index >= 15 is 0 Å². The molecule has 1 fully saturated rings. The summed E-state index contributed by atoms with van der Waals surface area (Å²) in [5, 5.41) is 9.56. The Kier molecular flexibility index (Phi) is 3.81. The molecule has 0 saturated carbocycles. The van der Waals surface area contributed by atoms with Gasteiger partial charge in [-0.2, -0.15) is 0 Å². The molecule has 5 nitrogen and oxygen atoms in total. The van der Waals surface area contributed by atoms with Crippen molar-refractivity contribution >= 4 is 11.6 Å². The van der Waals surface area contributed by atoms with E-state index in [2.05, 4.69) is 27.9 Å². The summed E-state index contributed by atoms with van der Waals surface area (Å²) in [7, 11) is 0. The Bertz CT molecular complexity index is 427. The van der Waals surface area contributed by atoms with Gasteiger partial charge in [0.15, 0.2) is 0 Å². The first-order valence-corrected chi connectivity index (χ1v) is 6.36. The molecular formula is C13H20N4O. The molecule has 1 amide bonds. The van der Waals surface area contributed by atoms with E-state index in [1.54, 1.807) is 12.3 Å². The summed E-state index contributed by atoms with van der Waals surface area (Å²) in [6.07, 6.45) is 2.74. The normalized spacial score (nSPS) is 22.8. The molecule has 1 saturated heterocycles. The Morgan fingerprint density at radius 3 is 3.11 bits per heavy atom. The van der Waals surface area contributed by atoms with Crippen molar-refractivity contribution in [2.75, 3.05) is 25.0 Å². The Labute approximate surface area is 107 Å². The van der Waals surface area contributed by atoms with Crippen LogP contribution in [0, 0.1) is 0 Å². The van der Waals surface area contributed by atoms with Gasteiger partial charge in [0.2, 0.25) is 0 Å². The van der Waals surface area contributed by atoms with Crippen LogP contribution in [-0.4, -0.2) is 36.1 Å². The van der Waals surface area contributed by atoms with Crippen molar-refractivity contribution in [2.45, 2.75) is 25.8 Å². The molecule has 2 heterocycles. The number of hydrogen-bond donors (Lipinski definition) is 3. The summed E-state index contributed by atoms with van der Waals surface area (Å²) in [5.41, 5.74) is 1.45. The second kappa shape index (κ2) is 5.35. The Balaban J connectivity index is 2.09. The maximum absolute atomic E-state index is 11.7. The zero-order chi connectivity index (χ0) is 13.0. The van der Waals surface area contributed by atoms with E-state index in [1.165, 1.54) is 0 Å². The number of hydrogen-bond acceptors (Lipinski definition) is 4. The van der Waals surface area contributed by atoms with Gasteiger partial charge in [-0.05, 0) is 38.9 Å². The molecule has 1 aliphatic rings. The number of carbonyl (C=O) groups is 1. The van der Waals surface area contributed by atoms with Gasteiger partial charge in [0.25, 0.3) is 5.91 Å². The molecule has 1 aromatic heterocycles. The van der Waals surface area contributed by atoms with Crippen LogP contribution in [0.25, 0.3) is 0 Å². The molecule has 98 valence electrons. The summed E-state index contributed by atoms with van der Waals surface area (Å²) >= 11 is 0. The minimum Gasteiger partial charge on any atom is -0.378 e. The molecule has 0 radical (unpaired) electrons. The summed E-state index contributed by atoms with van der Waals surface area (Å²) < 4.78 is 0. The van der Waals surface area contributed by atoms with Crippen LogP contribution >= 0.6 is 0 Å². The lowest BCUT2D eigenvalue weighted by atomic mass is 10.0. The molecule has 0 spiro atoms. The van der Waals surface area contributed by atoms with Gasteiger partial charge in [0, 0.05) is 30.5 Å². The van der Waals surface area contributed by atoms with Gasteiger partial charge < -0.3 is 16.0 Å². The number of nitrogens with one attached hydrogen (secondary N) is 3. The van der Waals surface area contributed by atoms with E-state index in [0.717, 1.165) is 25.2 Å². The first-order chi connectivity index (χ1) is 8.63. The molecule has 1 aromatic rings. The quantitative estimate of drug-likeness (QED) is 0.743. The van der Waals surface area contributed by atoms with Crippen LogP contribution in [0.4, 0.5) is 5.69 Å². The second-order valence-corrected chi connectivity index (χ2v) is 4.90. The van der Waals surface area contributed by atoms with E-state index in [-0.39, 0.29) is 11.4 Å². The van der Waals surface area contributed by atoms with Crippen molar-refractivity contribution < 1.29 is 4.79 Å². The fourth-order valence-corrected chi connectivity index (χ4v) is 2.16. The lowest BCUT2D eigenvalue weighted by Crippen LogP contribution is -2.37. The van der Waals surface area contributed by atoms with Crippen LogP contribution < -0.4 is 16.0 Å². The highest BCUT2D eigenvalue weighted by Gasteiger charge is 2.28. The summed E-state index contributed by atoms with van der Waals surface area (Å²) in [4.78, 5) is 15.8. The first kappa shape index (κ1) is 12.8. The van der Waals surface area contributed by atoms with E-state index in [9.17, 15) is 4.79 Å². The van der Waals surface area contributed by atoms with Gasteiger partial charge in [-0.25, -0.2) is 0 Å². The molecule has 2 rings (SSSR count). The second-order valence-electron chi connectivity index (χ2n) is 4.90. The van der Waals surface area contributed by atoms with Crippen molar-refractivity contribution in [2.24, 2.45) is 0 Å². The van der Waals surface area contributed by atoms with E-state index in [0.29, 0.717) is 12.2 Å². The highest BCUT2D eigenvalue weighted by molar-refractivity contribution is 5.93. The third kappa shape index (κ3) is 2.98. The maximum atomic E-state index is 11.7. The number of pyridine rings is 1. The van der Waals surface area contributed by atoms with Gasteiger partial charge in [0.1, 0.15) is 5.69 Å². The van der Waals surface area contributed by atoms with Crippen LogP contribution in [0.15, 0.2) is 18.3 Å². The first-order valence-electron chi connectivity index (χ1n) is 6.36. The zero-order valence-electron chi connectivity index (χ0n) is 10.9. The van der Waals surface area contributed by atoms with E-state index in [1.807, 2.05) is 13.0 Å². The average molecular weight is 248 g/mol. The van der Waals surface area contributed by atoms with Crippen molar-refractivity contribution in [3.05, 3.63) is 24.0 Å². The molecule has 18 heavy (non-hydrogen) atoms. The van der Waals surface area contributed by atoms with Crippen LogP contribution in [0.1, 0.15) is 30.8 Å². The lowest BCUT2D eigenvalue weighted by Gasteiger charge is -2.26. The van der Waals surface area contributed by atoms with Gasteiger partial charge in [0.05, 0.1) is 0 Å². The summed E-state index contributed by atoms with van der Waals surface area (Å²) in [6.45, 7) is 6.65. The molecule has 1 unspecified atom stereocenters. The van der Waals surface area contributed by atoms with Crippen LogP contribution in [0.2, 0.25) is 0 Å². The standard InChI is InChI=1S/C13H20N4O/c1-3-15-12(18)11-8-10(4-6-16-11)17-13(2)5-7-14-9-13/h4,6,8,14H,3,5,7,9H2,1-2H3,(H,15,18)(H,16,17). The van der Waals surface area contributed by atoms with Crippen molar-refractivity contribution in [3.63, 3.8) is 0 Å². The molecule has 5 heteroatoms. The predicted molar refractivity (Wildman–Crippen MR) is 71.8 cm³/mol. The molecule has 3 N–H and O–H groups in total. The smallest absolute Gasteiger partial charge is 0.269 e. The fraction of sp³-hybridized carbons (Fsp3) is 0.538. The van der Waals surface area contributed by atoms with Crippen molar-refractivity contribution in [1.82, 2.24) is 15.6 Å². The maximum Gasteiger partial charge on any atom is 0.269 e. The van der Waals surface area contributed by atoms with Gasteiger partial charge in [-0.1, -0.05) is 0 Å². The fourth-order valence-electron chi connectivity index (χ4n) is 2.16. The summed E-state index contributed by atoms with van der Waals surface area (Å²) in [6, 6.07) is 3.70. The monoisotopic (exact) mass is 248 g/mol. The summed E-state index contributed by atoms with van der Waals surface area (Å²) in [5.74, 6) is -0.129. The molecule has 0 bridgehead atoms.